The lowest BCUT2D eigenvalue weighted by molar-refractivity contribution is -0.122. The summed E-state index contributed by atoms with van der Waals surface area (Å²) >= 11 is 0. The van der Waals surface area contributed by atoms with Crippen molar-refractivity contribution in [1.82, 2.24) is 5.32 Å². The molecule has 0 aromatic heterocycles. The molecule has 1 saturated carbocycles. The summed E-state index contributed by atoms with van der Waals surface area (Å²) in [7, 11) is 0. The number of rotatable bonds is 6. The number of amides is 1. The van der Waals surface area contributed by atoms with Crippen LogP contribution in [0.2, 0.25) is 0 Å². The predicted octanol–water partition coefficient (Wildman–Crippen LogP) is 3.23. The Morgan fingerprint density at radius 3 is 2.37 bits per heavy atom. The normalized spacial score (nSPS) is 20.3. The highest BCUT2D eigenvalue weighted by Crippen LogP contribution is 2.40. The lowest BCUT2D eigenvalue weighted by Crippen LogP contribution is -2.39. The quantitative estimate of drug-likeness (QED) is 0.777. The van der Waals surface area contributed by atoms with Crippen LogP contribution in [0.3, 0.4) is 0 Å². The largest absolute Gasteiger partial charge is 0.355 e. The molecule has 3 nitrogen and oxygen atoms in total. The predicted molar refractivity (Wildman–Crippen MR) is 80.9 cm³/mol. The number of nitrogens with two attached hydrogens (primary N) is 1. The van der Waals surface area contributed by atoms with Crippen LogP contribution in [0.1, 0.15) is 72.6 Å². The molecule has 1 atom stereocenters. The number of hydrogen-bond donors (Lipinski definition) is 2. The van der Waals surface area contributed by atoms with Gasteiger partial charge in [0.1, 0.15) is 0 Å². The monoisotopic (exact) mass is 268 g/mol. The van der Waals surface area contributed by atoms with Crippen molar-refractivity contribution in [2.75, 3.05) is 6.54 Å². The van der Waals surface area contributed by atoms with Crippen LogP contribution in [-0.4, -0.2) is 18.5 Å². The third-order valence-corrected chi connectivity index (χ3v) is 4.40. The van der Waals surface area contributed by atoms with E-state index in [4.69, 9.17) is 5.73 Å². The topological polar surface area (TPSA) is 55.1 Å². The molecule has 0 bridgehead atoms. The van der Waals surface area contributed by atoms with Crippen LogP contribution in [0.4, 0.5) is 0 Å². The second kappa shape index (κ2) is 6.74. The lowest BCUT2D eigenvalue weighted by Gasteiger charge is -2.28. The minimum atomic E-state index is -0.0267. The van der Waals surface area contributed by atoms with Crippen LogP contribution < -0.4 is 11.1 Å². The second-order valence-electron chi connectivity index (χ2n) is 7.57. The summed E-state index contributed by atoms with van der Waals surface area (Å²) in [4.78, 5) is 12.0. The van der Waals surface area contributed by atoms with E-state index in [0.717, 1.165) is 13.0 Å². The van der Waals surface area contributed by atoms with Crippen LogP contribution in [0, 0.1) is 10.8 Å². The molecule has 0 saturated heterocycles. The summed E-state index contributed by atoms with van der Waals surface area (Å²) in [5, 5.41) is 3.11. The Bertz CT molecular complexity index is 288. The Hall–Kier alpha value is -0.570. The molecule has 0 aromatic rings. The summed E-state index contributed by atoms with van der Waals surface area (Å²) in [6.07, 6.45) is 7.66. The maximum atomic E-state index is 12.0. The van der Waals surface area contributed by atoms with Crippen molar-refractivity contribution in [3.05, 3.63) is 0 Å². The first-order valence-corrected chi connectivity index (χ1v) is 7.79. The smallest absolute Gasteiger partial charge is 0.221 e. The van der Waals surface area contributed by atoms with E-state index in [1.165, 1.54) is 32.1 Å². The molecule has 112 valence electrons. The Kier molecular flexibility index (Phi) is 5.84. The zero-order valence-corrected chi connectivity index (χ0v) is 13.2. The van der Waals surface area contributed by atoms with Crippen LogP contribution in [0.15, 0.2) is 0 Å². The zero-order chi connectivity index (χ0) is 14.5. The Morgan fingerprint density at radius 1 is 1.32 bits per heavy atom. The number of carbonyl (C=O) groups is 1. The van der Waals surface area contributed by atoms with E-state index in [2.05, 4.69) is 33.0 Å². The van der Waals surface area contributed by atoms with Gasteiger partial charge in [-0.2, -0.15) is 0 Å². The molecule has 1 amide bonds. The van der Waals surface area contributed by atoms with Gasteiger partial charge in [-0.1, -0.05) is 40.5 Å². The standard InChI is InChI=1S/C16H32N2O/c1-5-16(8-6-7-9-16)12-18-14(19)10-13(17)11-15(2,3)4/h13H,5-12,17H2,1-4H3,(H,18,19). The molecule has 1 unspecified atom stereocenters. The molecule has 0 aliphatic heterocycles. The van der Waals surface area contributed by atoms with Crippen molar-refractivity contribution in [2.45, 2.75) is 78.7 Å². The van der Waals surface area contributed by atoms with Crippen LogP contribution >= 0.6 is 0 Å². The van der Waals surface area contributed by atoms with Crippen LogP contribution in [-0.2, 0) is 4.79 Å². The summed E-state index contributed by atoms with van der Waals surface area (Å²) < 4.78 is 0. The van der Waals surface area contributed by atoms with Crippen molar-refractivity contribution in [2.24, 2.45) is 16.6 Å². The first-order chi connectivity index (χ1) is 8.76. The number of nitrogens with one attached hydrogen (secondary N) is 1. The fourth-order valence-corrected chi connectivity index (χ4v) is 3.24. The van der Waals surface area contributed by atoms with E-state index in [1.54, 1.807) is 0 Å². The molecule has 0 radical (unpaired) electrons. The van der Waals surface area contributed by atoms with Gasteiger partial charge >= 0.3 is 0 Å². The van der Waals surface area contributed by atoms with Crippen LogP contribution in [0.25, 0.3) is 0 Å². The van der Waals surface area contributed by atoms with Crippen molar-refractivity contribution >= 4 is 5.91 Å². The van der Waals surface area contributed by atoms with E-state index in [-0.39, 0.29) is 17.4 Å². The van der Waals surface area contributed by atoms with Crippen molar-refractivity contribution in [3.63, 3.8) is 0 Å². The van der Waals surface area contributed by atoms with Gasteiger partial charge in [0.05, 0.1) is 0 Å². The summed E-state index contributed by atoms with van der Waals surface area (Å²) in [6, 6.07) is -0.0267. The van der Waals surface area contributed by atoms with Gasteiger partial charge in [-0.05, 0) is 36.5 Å². The SMILES string of the molecule is CCC1(CNC(=O)CC(N)CC(C)(C)C)CCCC1. The van der Waals surface area contributed by atoms with Gasteiger partial charge in [0.25, 0.3) is 0 Å². The summed E-state index contributed by atoms with van der Waals surface area (Å²) in [5.41, 5.74) is 6.60. The minimum Gasteiger partial charge on any atom is -0.355 e. The second-order valence-corrected chi connectivity index (χ2v) is 7.57. The number of hydrogen-bond acceptors (Lipinski definition) is 2. The van der Waals surface area contributed by atoms with E-state index in [9.17, 15) is 4.79 Å². The molecule has 19 heavy (non-hydrogen) atoms. The van der Waals surface area contributed by atoms with Gasteiger partial charge in [0.15, 0.2) is 0 Å². The highest BCUT2D eigenvalue weighted by Gasteiger charge is 2.32. The molecule has 1 fully saturated rings. The molecule has 3 N–H and O–H groups in total. The van der Waals surface area contributed by atoms with Crippen molar-refractivity contribution < 1.29 is 4.79 Å². The highest BCUT2D eigenvalue weighted by molar-refractivity contribution is 5.76. The maximum Gasteiger partial charge on any atom is 0.221 e. The third kappa shape index (κ3) is 5.94. The fourth-order valence-electron chi connectivity index (χ4n) is 3.24. The Balaban J connectivity index is 2.31. The van der Waals surface area contributed by atoms with Crippen molar-refractivity contribution in [1.29, 1.82) is 0 Å². The van der Waals surface area contributed by atoms with Crippen LogP contribution in [0.5, 0.6) is 0 Å². The molecular formula is C16H32N2O. The Morgan fingerprint density at radius 2 is 1.89 bits per heavy atom. The van der Waals surface area contributed by atoms with E-state index in [0.29, 0.717) is 11.8 Å². The summed E-state index contributed by atoms with van der Waals surface area (Å²) in [5.74, 6) is 0.122. The maximum absolute atomic E-state index is 12.0. The van der Waals surface area contributed by atoms with E-state index in [1.807, 2.05) is 0 Å². The highest BCUT2D eigenvalue weighted by atomic mass is 16.1. The first kappa shape index (κ1) is 16.5. The fraction of sp³-hybridized carbons (Fsp3) is 0.938. The molecule has 0 aromatic carbocycles. The van der Waals surface area contributed by atoms with Gasteiger partial charge in [-0.15, -0.1) is 0 Å². The molecule has 3 heteroatoms. The summed E-state index contributed by atoms with van der Waals surface area (Å²) in [6.45, 7) is 9.56. The van der Waals surface area contributed by atoms with E-state index < -0.39 is 0 Å². The van der Waals surface area contributed by atoms with E-state index >= 15 is 0 Å². The molecule has 1 aliphatic carbocycles. The zero-order valence-electron chi connectivity index (χ0n) is 13.2. The lowest BCUT2D eigenvalue weighted by atomic mass is 9.83. The van der Waals surface area contributed by atoms with Gasteiger partial charge in [0.2, 0.25) is 5.91 Å². The molecule has 1 aliphatic rings. The molecule has 0 heterocycles. The van der Waals surface area contributed by atoms with Gasteiger partial charge < -0.3 is 11.1 Å². The Labute approximate surface area is 118 Å². The van der Waals surface area contributed by atoms with Gasteiger partial charge in [-0.25, -0.2) is 0 Å². The first-order valence-electron chi connectivity index (χ1n) is 7.79. The molecule has 0 spiro atoms. The minimum absolute atomic E-state index is 0.0267. The average molecular weight is 268 g/mol. The molecular weight excluding hydrogens is 236 g/mol. The molecule has 1 rings (SSSR count). The average Bonchev–Trinajstić information content (AvgIpc) is 2.73. The third-order valence-electron chi connectivity index (χ3n) is 4.40. The van der Waals surface area contributed by atoms with Crippen molar-refractivity contribution in [3.8, 4) is 0 Å². The number of carbonyl (C=O) groups excluding carboxylic acids is 1. The van der Waals surface area contributed by atoms with Gasteiger partial charge in [-0.3, -0.25) is 4.79 Å². The van der Waals surface area contributed by atoms with Gasteiger partial charge in [0, 0.05) is 19.0 Å².